The zero-order valence-corrected chi connectivity index (χ0v) is 12.8. The Bertz CT molecular complexity index is 431. The Morgan fingerprint density at radius 2 is 1.58 bits per heavy atom. The van der Waals surface area contributed by atoms with Crippen LogP contribution in [0.5, 0.6) is 0 Å². The second kappa shape index (κ2) is 6.06. The van der Waals surface area contributed by atoms with Crippen LogP contribution < -0.4 is 11.1 Å². The Hall–Kier alpha value is -0.860. The highest BCUT2D eigenvalue weighted by Crippen LogP contribution is 2.35. The lowest BCUT2D eigenvalue weighted by molar-refractivity contribution is 0.262. The van der Waals surface area contributed by atoms with Gasteiger partial charge >= 0.3 is 0 Å². The van der Waals surface area contributed by atoms with Crippen molar-refractivity contribution in [2.75, 3.05) is 7.05 Å². The number of rotatable bonds is 3. The van der Waals surface area contributed by atoms with Gasteiger partial charge < -0.3 is 11.1 Å². The van der Waals surface area contributed by atoms with E-state index >= 15 is 0 Å². The molecule has 1 aromatic carbocycles. The van der Waals surface area contributed by atoms with Gasteiger partial charge in [-0.05, 0) is 81.7 Å². The average molecular weight is 260 g/mol. The molecular formula is C17H28N2. The fraction of sp³-hybridized carbons (Fsp3) is 0.647. The standard InChI is InChI=1S/C17H28N2/c1-11-9-13(3)16(10-12(11)2)17(19-4)14-5-7-15(18)8-6-14/h9-10,14-15,17,19H,5-8,18H2,1-4H3. The fourth-order valence-electron chi connectivity index (χ4n) is 3.44. The molecule has 3 N–H and O–H groups in total. The van der Waals surface area contributed by atoms with Crippen LogP contribution in [-0.2, 0) is 0 Å². The maximum Gasteiger partial charge on any atom is 0.0348 e. The first kappa shape index (κ1) is 14.5. The summed E-state index contributed by atoms with van der Waals surface area (Å²) in [6.07, 6.45) is 4.84. The normalized spacial score (nSPS) is 25.3. The van der Waals surface area contributed by atoms with E-state index in [9.17, 15) is 0 Å². The average Bonchev–Trinajstić information content (AvgIpc) is 2.38. The zero-order valence-electron chi connectivity index (χ0n) is 12.8. The first-order valence-corrected chi connectivity index (χ1v) is 7.53. The van der Waals surface area contributed by atoms with Crippen LogP contribution in [-0.4, -0.2) is 13.1 Å². The van der Waals surface area contributed by atoms with Crippen molar-refractivity contribution in [1.82, 2.24) is 5.32 Å². The maximum absolute atomic E-state index is 6.03. The maximum atomic E-state index is 6.03. The molecule has 0 aromatic heterocycles. The van der Waals surface area contributed by atoms with Gasteiger partial charge in [0.25, 0.3) is 0 Å². The molecule has 1 aromatic rings. The van der Waals surface area contributed by atoms with Crippen molar-refractivity contribution in [3.05, 3.63) is 34.4 Å². The Morgan fingerprint density at radius 1 is 1.00 bits per heavy atom. The number of benzene rings is 1. The topological polar surface area (TPSA) is 38.0 Å². The molecule has 0 radical (unpaired) electrons. The summed E-state index contributed by atoms with van der Waals surface area (Å²) >= 11 is 0. The molecule has 2 heteroatoms. The first-order valence-electron chi connectivity index (χ1n) is 7.53. The van der Waals surface area contributed by atoms with E-state index in [0.717, 1.165) is 5.92 Å². The van der Waals surface area contributed by atoms with Crippen molar-refractivity contribution < 1.29 is 0 Å². The molecule has 19 heavy (non-hydrogen) atoms. The van der Waals surface area contributed by atoms with Crippen molar-refractivity contribution in [2.45, 2.75) is 58.5 Å². The van der Waals surface area contributed by atoms with Gasteiger partial charge in [0.15, 0.2) is 0 Å². The molecule has 0 aliphatic heterocycles. The van der Waals surface area contributed by atoms with Gasteiger partial charge in [0.1, 0.15) is 0 Å². The Balaban J connectivity index is 2.24. The molecule has 0 bridgehead atoms. The second-order valence-electron chi connectivity index (χ2n) is 6.23. The molecule has 2 rings (SSSR count). The van der Waals surface area contributed by atoms with E-state index in [4.69, 9.17) is 5.73 Å². The third kappa shape index (κ3) is 3.18. The molecule has 0 saturated heterocycles. The summed E-state index contributed by atoms with van der Waals surface area (Å²) in [7, 11) is 2.09. The summed E-state index contributed by atoms with van der Waals surface area (Å²) in [5.74, 6) is 0.727. The summed E-state index contributed by atoms with van der Waals surface area (Å²) in [4.78, 5) is 0. The van der Waals surface area contributed by atoms with Gasteiger partial charge in [-0.3, -0.25) is 0 Å². The monoisotopic (exact) mass is 260 g/mol. The number of aryl methyl sites for hydroxylation is 3. The highest BCUT2D eigenvalue weighted by Gasteiger charge is 2.27. The molecular weight excluding hydrogens is 232 g/mol. The van der Waals surface area contributed by atoms with E-state index in [1.165, 1.54) is 47.9 Å². The highest BCUT2D eigenvalue weighted by molar-refractivity contribution is 5.38. The molecule has 1 unspecified atom stereocenters. The minimum absolute atomic E-state index is 0.426. The molecule has 106 valence electrons. The van der Waals surface area contributed by atoms with E-state index in [-0.39, 0.29) is 0 Å². The Labute approximate surface area is 117 Å². The SMILES string of the molecule is CNC(c1cc(C)c(C)cc1C)C1CCC(N)CC1. The first-order chi connectivity index (χ1) is 9.02. The predicted octanol–water partition coefficient (Wildman–Crippen LogP) is 3.39. The third-order valence-corrected chi connectivity index (χ3v) is 4.82. The molecule has 0 amide bonds. The van der Waals surface area contributed by atoms with Crippen LogP contribution in [0, 0.1) is 26.7 Å². The fourth-order valence-corrected chi connectivity index (χ4v) is 3.44. The largest absolute Gasteiger partial charge is 0.328 e. The third-order valence-electron chi connectivity index (χ3n) is 4.82. The van der Waals surface area contributed by atoms with Crippen molar-refractivity contribution >= 4 is 0 Å². The van der Waals surface area contributed by atoms with Crippen molar-refractivity contribution in [2.24, 2.45) is 11.7 Å². The number of nitrogens with two attached hydrogens (primary N) is 1. The van der Waals surface area contributed by atoms with Crippen molar-refractivity contribution in [1.29, 1.82) is 0 Å². The Morgan fingerprint density at radius 3 is 2.16 bits per heavy atom. The van der Waals surface area contributed by atoms with Crippen LogP contribution in [0.4, 0.5) is 0 Å². The quantitative estimate of drug-likeness (QED) is 0.874. The smallest absolute Gasteiger partial charge is 0.0348 e. The lowest BCUT2D eigenvalue weighted by atomic mass is 9.78. The van der Waals surface area contributed by atoms with Crippen LogP contribution in [0.3, 0.4) is 0 Å². The lowest BCUT2D eigenvalue weighted by Gasteiger charge is -2.34. The van der Waals surface area contributed by atoms with Crippen LogP contribution in [0.15, 0.2) is 12.1 Å². The summed E-state index contributed by atoms with van der Waals surface area (Å²) in [5.41, 5.74) is 11.7. The summed E-state index contributed by atoms with van der Waals surface area (Å²) in [6.45, 7) is 6.64. The molecule has 0 spiro atoms. The molecule has 0 heterocycles. The second-order valence-corrected chi connectivity index (χ2v) is 6.23. The molecule has 1 aliphatic carbocycles. The van der Waals surface area contributed by atoms with Crippen LogP contribution in [0.1, 0.15) is 54.0 Å². The van der Waals surface area contributed by atoms with Crippen LogP contribution in [0.25, 0.3) is 0 Å². The van der Waals surface area contributed by atoms with E-state index in [2.05, 4.69) is 45.3 Å². The number of hydrogen-bond donors (Lipinski definition) is 2. The van der Waals surface area contributed by atoms with E-state index in [0.29, 0.717) is 12.1 Å². The van der Waals surface area contributed by atoms with E-state index in [1.807, 2.05) is 0 Å². The lowest BCUT2D eigenvalue weighted by Crippen LogP contribution is -2.33. The van der Waals surface area contributed by atoms with Crippen LogP contribution in [0.2, 0.25) is 0 Å². The van der Waals surface area contributed by atoms with Gasteiger partial charge in [0.2, 0.25) is 0 Å². The summed E-state index contributed by atoms with van der Waals surface area (Å²) in [6, 6.07) is 5.60. The summed E-state index contributed by atoms with van der Waals surface area (Å²) < 4.78 is 0. The van der Waals surface area contributed by atoms with Crippen molar-refractivity contribution in [3.63, 3.8) is 0 Å². The minimum atomic E-state index is 0.426. The molecule has 1 atom stereocenters. The van der Waals surface area contributed by atoms with Gasteiger partial charge in [-0.15, -0.1) is 0 Å². The molecule has 1 aliphatic rings. The molecule has 1 fully saturated rings. The predicted molar refractivity (Wildman–Crippen MR) is 82.4 cm³/mol. The number of nitrogens with one attached hydrogen (secondary N) is 1. The molecule has 2 nitrogen and oxygen atoms in total. The van der Waals surface area contributed by atoms with E-state index in [1.54, 1.807) is 0 Å². The highest BCUT2D eigenvalue weighted by atomic mass is 14.9. The number of hydrogen-bond acceptors (Lipinski definition) is 2. The van der Waals surface area contributed by atoms with Gasteiger partial charge in [-0.1, -0.05) is 12.1 Å². The van der Waals surface area contributed by atoms with Crippen LogP contribution >= 0.6 is 0 Å². The van der Waals surface area contributed by atoms with Gasteiger partial charge in [0.05, 0.1) is 0 Å². The minimum Gasteiger partial charge on any atom is -0.328 e. The summed E-state index contributed by atoms with van der Waals surface area (Å²) in [5, 5.41) is 3.55. The van der Waals surface area contributed by atoms with Gasteiger partial charge in [-0.25, -0.2) is 0 Å². The van der Waals surface area contributed by atoms with Crippen molar-refractivity contribution in [3.8, 4) is 0 Å². The molecule has 1 saturated carbocycles. The van der Waals surface area contributed by atoms with Gasteiger partial charge in [-0.2, -0.15) is 0 Å². The van der Waals surface area contributed by atoms with E-state index < -0.39 is 0 Å². The Kier molecular flexibility index (Phi) is 4.64. The zero-order chi connectivity index (χ0) is 14.0. The van der Waals surface area contributed by atoms with Gasteiger partial charge in [0, 0.05) is 12.1 Å².